The van der Waals surface area contributed by atoms with E-state index in [9.17, 15) is 35.9 Å². The van der Waals surface area contributed by atoms with Crippen LogP contribution in [-0.2, 0) is 18.9 Å². The number of nitrogen functional groups attached to an aromatic ring is 1. The molecule has 0 aliphatic carbocycles. The lowest BCUT2D eigenvalue weighted by molar-refractivity contribution is -0.143. The SMILES string of the molecule is CNC(=O)c1nc(-c2cccc(C(=O)NCc3cc(C(F)(F)F)cc(C(F)(F)F)c3)c2)cnc1N. The lowest BCUT2D eigenvalue weighted by atomic mass is 10.0. The van der Waals surface area contributed by atoms with Gasteiger partial charge in [-0.15, -0.1) is 0 Å². The molecule has 0 saturated carbocycles. The van der Waals surface area contributed by atoms with Crippen LogP contribution < -0.4 is 16.4 Å². The summed E-state index contributed by atoms with van der Waals surface area (Å²) in [6.45, 7) is -0.585. The number of halogens is 6. The van der Waals surface area contributed by atoms with Gasteiger partial charge in [0.1, 0.15) is 0 Å². The van der Waals surface area contributed by atoms with Gasteiger partial charge in [0, 0.05) is 24.7 Å². The number of aromatic nitrogens is 2. The lowest BCUT2D eigenvalue weighted by Gasteiger charge is -2.14. The molecule has 0 bridgehead atoms. The van der Waals surface area contributed by atoms with E-state index < -0.39 is 41.8 Å². The number of hydrogen-bond acceptors (Lipinski definition) is 5. The third kappa shape index (κ3) is 6.05. The maximum Gasteiger partial charge on any atom is 0.416 e. The average Bonchev–Trinajstić information content (AvgIpc) is 2.81. The van der Waals surface area contributed by atoms with Crippen molar-refractivity contribution in [1.29, 1.82) is 0 Å². The molecule has 3 aromatic rings. The molecule has 2 amide bonds. The highest BCUT2D eigenvalue weighted by atomic mass is 19.4. The third-order valence-electron chi connectivity index (χ3n) is 4.76. The highest BCUT2D eigenvalue weighted by Gasteiger charge is 2.36. The topological polar surface area (TPSA) is 110 Å². The molecule has 0 radical (unpaired) electrons. The molecule has 35 heavy (non-hydrogen) atoms. The molecule has 0 aliphatic rings. The van der Waals surface area contributed by atoms with Gasteiger partial charge in [-0.25, -0.2) is 9.97 Å². The smallest absolute Gasteiger partial charge is 0.382 e. The standard InChI is InChI=1S/C22H17F6N5O2/c1-30-20(35)17-18(29)31-10-16(33-17)12-3-2-4-13(7-12)19(34)32-9-11-5-14(21(23,24)25)8-15(6-11)22(26,27)28/h2-8,10H,9H2,1H3,(H2,29,31)(H,30,35)(H,32,34). The number of nitrogens with two attached hydrogens (primary N) is 1. The number of carbonyl (C=O) groups excluding carboxylic acids is 2. The van der Waals surface area contributed by atoms with Gasteiger partial charge in [-0.1, -0.05) is 12.1 Å². The van der Waals surface area contributed by atoms with Gasteiger partial charge in [-0.05, 0) is 35.9 Å². The summed E-state index contributed by atoms with van der Waals surface area (Å²) in [5.41, 5.74) is 2.81. The van der Waals surface area contributed by atoms with Gasteiger partial charge >= 0.3 is 12.4 Å². The molecule has 3 rings (SSSR count). The maximum absolute atomic E-state index is 13.0. The maximum atomic E-state index is 13.0. The summed E-state index contributed by atoms with van der Waals surface area (Å²) in [5, 5.41) is 4.67. The van der Waals surface area contributed by atoms with Crippen LogP contribution in [0.25, 0.3) is 11.3 Å². The van der Waals surface area contributed by atoms with E-state index in [2.05, 4.69) is 20.6 Å². The number of carbonyl (C=O) groups is 2. The van der Waals surface area contributed by atoms with Crippen LogP contribution in [-0.4, -0.2) is 28.8 Å². The van der Waals surface area contributed by atoms with Gasteiger partial charge in [0.25, 0.3) is 11.8 Å². The van der Waals surface area contributed by atoms with Crippen LogP contribution in [0.4, 0.5) is 32.2 Å². The van der Waals surface area contributed by atoms with Crippen molar-refractivity contribution in [3.8, 4) is 11.3 Å². The quantitative estimate of drug-likeness (QED) is 0.461. The zero-order chi connectivity index (χ0) is 26.0. The first-order valence-electron chi connectivity index (χ1n) is 9.81. The zero-order valence-corrected chi connectivity index (χ0v) is 17.9. The fourth-order valence-electron chi connectivity index (χ4n) is 3.05. The number of amides is 2. The monoisotopic (exact) mass is 497 g/mol. The second-order valence-corrected chi connectivity index (χ2v) is 7.25. The summed E-state index contributed by atoms with van der Waals surface area (Å²) in [6, 6.07) is 6.88. The van der Waals surface area contributed by atoms with Crippen molar-refractivity contribution in [3.05, 3.63) is 76.6 Å². The van der Waals surface area contributed by atoms with Crippen molar-refractivity contribution in [3.63, 3.8) is 0 Å². The second kappa shape index (κ2) is 9.60. The first kappa shape index (κ1) is 25.5. The number of hydrogen-bond donors (Lipinski definition) is 3. The minimum absolute atomic E-state index is 0.00943. The van der Waals surface area contributed by atoms with E-state index in [0.717, 1.165) is 0 Å². The molecule has 0 saturated heterocycles. The molecule has 0 atom stereocenters. The molecule has 0 unspecified atom stereocenters. The highest BCUT2D eigenvalue weighted by molar-refractivity contribution is 5.97. The van der Waals surface area contributed by atoms with Crippen LogP contribution in [0.5, 0.6) is 0 Å². The van der Waals surface area contributed by atoms with Gasteiger partial charge in [0.15, 0.2) is 11.5 Å². The normalized spacial score (nSPS) is 11.7. The third-order valence-corrected chi connectivity index (χ3v) is 4.76. The molecule has 0 fully saturated rings. The number of alkyl halides is 6. The van der Waals surface area contributed by atoms with Crippen molar-refractivity contribution in [2.24, 2.45) is 0 Å². The molecule has 184 valence electrons. The van der Waals surface area contributed by atoms with E-state index in [4.69, 9.17) is 5.73 Å². The Morgan fingerprint density at radius 2 is 1.57 bits per heavy atom. The Labute approximate surface area is 194 Å². The van der Waals surface area contributed by atoms with E-state index in [1.165, 1.54) is 31.4 Å². The Morgan fingerprint density at radius 1 is 0.943 bits per heavy atom. The summed E-state index contributed by atoms with van der Waals surface area (Å²) in [6.07, 6.45) is -8.72. The van der Waals surface area contributed by atoms with Crippen LogP contribution in [0, 0.1) is 0 Å². The number of benzene rings is 2. The van der Waals surface area contributed by atoms with Crippen LogP contribution in [0.2, 0.25) is 0 Å². The highest BCUT2D eigenvalue weighted by Crippen LogP contribution is 2.36. The van der Waals surface area contributed by atoms with Crippen LogP contribution >= 0.6 is 0 Å². The van der Waals surface area contributed by atoms with Crippen LogP contribution in [0.3, 0.4) is 0 Å². The van der Waals surface area contributed by atoms with Crippen LogP contribution in [0.1, 0.15) is 37.5 Å². The van der Waals surface area contributed by atoms with Crippen molar-refractivity contribution < 1.29 is 35.9 Å². The minimum Gasteiger partial charge on any atom is -0.382 e. The zero-order valence-electron chi connectivity index (χ0n) is 17.9. The Morgan fingerprint density at radius 3 is 2.14 bits per heavy atom. The van der Waals surface area contributed by atoms with Gasteiger partial charge < -0.3 is 16.4 Å². The molecule has 2 aromatic carbocycles. The van der Waals surface area contributed by atoms with Crippen molar-refractivity contribution in [1.82, 2.24) is 20.6 Å². The summed E-state index contributed by atoms with van der Waals surface area (Å²) >= 11 is 0. The number of anilines is 1. The predicted molar refractivity (Wildman–Crippen MR) is 113 cm³/mol. The van der Waals surface area contributed by atoms with Crippen molar-refractivity contribution >= 4 is 17.6 Å². The summed E-state index contributed by atoms with van der Waals surface area (Å²) in [5.74, 6) is -1.45. The van der Waals surface area contributed by atoms with E-state index in [0.29, 0.717) is 17.7 Å². The summed E-state index contributed by atoms with van der Waals surface area (Å²) < 4.78 is 78.2. The fourth-order valence-corrected chi connectivity index (χ4v) is 3.05. The fraction of sp³-hybridized carbons (Fsp3) is 0.182. The molecule has 7 nitrogen and oxygen atoms in total. The summed E-state index contributed by atoms with van der Waals surface area (Å²) in [7, 11) is 1.38. The second-order valence-electron chi connectivity index (χ2n) is 7.25. The molecule has 1 aromatic heterocycles. The van der Waals surface area contributed by atoms with E-state index in [1.54, 1.807) is 6.07 Å². The Balaban J connectivity index is 1.84. The Hall–Kier alpha value is -4.16. The molecule has 13 heteroatoms. The van der Waals surface area contributed by atoms with Crippen molar-refractivity contribution in [2.45, 2.75) is 18.9 Å². The number of rotatable bonds is 5. The first-order valence-corrected chi connectivity index (χ1v) is 9.81. The molecule has 4 N–H and O–H groups in total. The van der Waals surface area contributed by atoms with E-state index in [-0.39, 0.29) is 34.4 Å². The predicted octanol–water partition coefficient (Wildman–Crippen LogP) is 4.05. The number of nitrogens with one attached hydrogen (secondary N) is 2. The van der Waals surface area contributed by atoms with Gasteiger partial charge in [-0.3, -0.25) is 9.59 Å². The average molecular weight is 497 g/mol. The van der Waals surface area contributed by atoms with E-state index >= 15 is 0 Å². The lowest BCUT2D eigenvalue weighted by Crippen LogP contribution is -2.23. The largest absolute Gasteiger partial charge is 0.416 e. The molecule has 0 spiro atoms. The van der Waals surface area contributed by atoms with E-state index in [1.807, 2.05) is 0 Å². The van der Waals surface area contributed by atoms with Crippen LogP contribution in [0.15, 0.2) is 48.7 Å². The van der Waals surface area contributed by atoms with Crippen molar-refractivity contribution in [2.75, 3.05) is 12.8 Å². The minimum atomic E-state index is -5.00. The first-order chi connectivity index (χ1) is 16.3. The molecular formula is C22H17F6N5O2. The van der Waals surface area contributed by atoms with Gasteiger partial charge in [-0.2, -0.15) is 26.3 Å². The van der Waals surface area contributed by atoms with Gasteiger partial charge in [0.05, 0.1) is 23.0 Å². The Bertz CT molecular complexity index is 1240. The molecular weight excluding hydrogens is 480 g/mol. The molecule has 0 aliphatic heterocycles. The number of nitrogens with zero attached hydrogens (tertiary/aromatic N) is 2. The molecule has 1 heterocycles. The summed E-state index contributed by atoms with van der Waals surface area (Å²) in [4.78, 5) is 32.5. The Kier molecular flexibility index (Phi) is 6.99. The van der Waals surface area contributed by atoms with Gasteiger partial charge in [0.2, 0.25) is 0 Å².